The van der Waals surface area contributed by atoms with Gasteiger partial charge in [0.1, 0.15) is 5.69 Å². The Labute approximate surface area is 136 Å². The van der Waals surface area contributed by atoms with Crippen molar-refractivity contribution in [3.05, 3.63) is 52.8 Å². The number of hydrogen-bond acceptors (Lipinski definition) is 3. The lowest BCUT2D eigenvalue weighted by Crippen LogP contribution is -2.37. The molecule has 2 aromatic rings. The van der Waals surface area contributed by atoms with E-state index in [0.717, 1.165) is 5.56 Å². The molecule has 4 nitrogen and oxygen atoms in total. The summed E-state index contributed by atoms with van der Waals surface area (Å²) in [4.78, 5) is 0. The maximum Gasteiger partial charge on any atom is 0.433 e. The highest BCUT2D eigenvalue weighted by molar-refractivity contribution is 5.83. The molecular formula is C17H15F3N2O2. The topological polar surface area (TPSA) is 47.1 Å². The molecule has 1 aromatic heterocycles. The molecule has 24 heavy (non-hydrogen) atoms. The fraction of sp³-hybridized carbons (Fsp3) is 0.353. The third-order valence-corrected chi connectivity index (χ3v) is 4.31. The zero-order chi connectivity index (χ0) is 16.8. The van der Waals surface area contributed by atoms with Crippen LogP contribution < -0.4 is 0 Å². The molecular weight excluding hydrogens is 321 g/mol. The van der Waals surface area contributed by atoms with Gasteiger partial charge in [-0.1, -0.05) is 30.3 Å². The van der Waals surface area contributed by atoms with Crippen LogP contribution in [0, 0.1) is 0 Å². The van der Waals surface area contributed by atoms with E-state index in [1.807, 2.05) is 36.4 Å². The van der Waals surface area contributed by atoms with E-state index in [9.17, 15) is 13.2 Å². The summed E-state index contributed by atoms with van der Waals surface area (Å²) in [6.07, 6.45) is -2.24. The van der Waals surface area contributed by atoms with E-state index in [2.05, 4.69) is 10.2 Å². The molecule has 126 valence electrons. The molecule has 7 heteroatoms. The Hall–Kier alpha value is -2.12. The predicted octanol–water partition coefficient (Wildman–Crippen LogP) is 3.66. The van der Waals surface area contributed by atoms with Crippen molar-refractivity contribution in [1.29, 1.82) is 0 Å². The third kappa shape index (κ3) is 2.63. The second-order valence-corrected chi connectivity index (χ2v) is 5.96. The number of halogens is 3. The predicted molar refractivity (Wildman–Crippen MR) is 80.9 cm³/mol. The van der Waals surface area contributed by atoms with Gasteiger partial charge in [-0.2, -0.15) is 18.3 Å². The number of aromatic nitrogens is 2. The summed E-state index contributed by atoms with van der Waals surface area (Å²) in [6.45, 7) is 0.764. The molecule has 1 saturated heterocycles. The minimum absolute atomic E-state index is 0.0415. The summed E-state index contributed by atoms with van der Waals surface area (Å²) in [7, 11) is 0. The summed E-state index contributed by atoms with van der Waals surface area (Å²) >= 11 is 0. The van der Waals surface area contributed by atoms with E-state index in [-0.39, 0.29) is 12.0 Å². The fourth-order valence-corrected chi connectivity index (χ4v) is 3.31. The Bertz CT molecular complexity index is 775. The Morgan fingerprint density at radius 2 is 1.79 bits per heavy atom. The van der Waals surface area contributed by atoms with Crippen LogP contribution >= 0.6 is 0 Å². The van der Waals surface area contributed by atoms with Gasteiger partial charge in [-0.3, -0.25) is 5.10 Å². The number of fused-ring (bicyclic) bond motifs is 1. The van der Waals surface area contributed by atoms with Crippen molar-refractivity contribution in [3.63, 3.8) is 0 Å². The largest absolute Gasteiger partial charge is 0.433 e. The van der Waals surface area contributed by atoms with Crippen LogP contribution in [0.5, 0.6) is 0 Å². The molecule has 0 unspecified atom stereocenters. The number of rotatable bonds is 1. The summed E-state index contributed by atoms with van der Waals surface area (Å²) in [6, 6.07) is 9.42. The molecule has 1 spiro atoms. The number of hydrogen-bond donors (Lipinski definition) is 1. The van der Waals surface area contributed by atoms with E-state index in [0.29, 0.717) is 30.9 Å². The van der Waals surface area contributed by atoms with Gasteiger partial charge in [-0.15, -0.1) is 0 Å². The van der Waals surface area contributed by atoms with Crippen LogP contribution in [0.25, 0.3) is 11.6 Å². The number of nitrogens with one attached hydrogen (secondary N) is 1. The third-order valence-electron chi connectivity index (χ3n) is 4.31. The van der Waals surface area contributed by atoms with Gasteiger partial charge in [-0.05, 0) is 17.2 Å². The first-order valence-electron chi connectivity index (χ1n) is 7.65. The maximum atomic E-state index is 13.3. The number of benzene rings is 1. The van der Waals surface area contributed by atoms with Crippen molar-refractivity contribution in [3.8, 4) is 0 Å². The number of alkyl halides is 3. The SMILES string of the molecule is FC(F)(F)c1[nH]nc2c1CC1(CC2=Cc2ccccc2)OCCO1. The summed E-state index contributed by atoms with van der Waals surface area (Å²) in [5.74, 6) is -1.03. The molecule has 0 saturated carbocycles. The first-order chi connectivity index (χ1) is 11.5. The Morgan fingerprint density at radius 1 is 1.08 bits per heavy atom. The monoisotopic (exact) mass is 336 g/mol. The van der Waals surface area contributed by atoms with Crippen molar-refractivity contribution in [2.24, 2.45) is 0 Å². The van der Waals surface area contributed by atoms with Gasteiger partial charge in [0.25, 0.3) is 0 Å². The lowest BCUT2D eigenvalue weighted by atomic mass is 9.85. The average molecular weight is 336 g/mol. The minimum Gasteiger partial charge on any atom is -0.347 e. The van der Waals surface area contributed by atoms with Gasteiger partial charge in [0.05, 0.1) is 18.9 Å². The van der Waals surface area contributed by atoms with Crippen LogP contribution in [0.15, 0.2) is 30.3 Å². The van der Waals surface area contributed by atoms with Crippen LogP contribution in [-0.2, 0) is 22.1 Å². The summed E-state index contributed by atoms with van der Waals surface area (Å²) in [5, 5.41) is 6.08. The summed E-state index contributed by atoms with van der Waals surface area (Å²) in [5.41, 5.74) is 1.20. The lowest BCUT2D eigenvalue weighted by molar-refractivity contribution is -0.157. The van der Waals surface area contributed by atoms with E-state index in [1.165, 1.54) is 0 Å². The highest BCUT2D eigenvalue weighted by Crippen LogP contribution is 2.45. The van der Waals surface area contributed by atoms with E-state index >= 15 is 0 Å². The molecule has 1 aliphatic carbocycles. The second kappa shape index (κ2) is 5.46. The van der Waals surface area contributed by atoms with Gasteiger partial charge >= 0.3 is 6.18 Å². The van der Waals surface area contributed by atoms with Gasteiger partial charge in [0.15, 0.2) is 5.79 Å². The Balaban J connectivity index is 1.83. The van der Waals surface area contributed by atoms with Crippen LogP contribution in [-0.4, -0.2) is 29.2 Å². The zero-order valence-electron chi connectivity index (χ0n) is 12.7. The highest BCUT2D eigenvalue weighted by Gasteiger charge is 2.47. The molecule has 4 rings (SSSR count). The van der Waals surface area contributed by atoms with Crippen molar-refractivity contribution < 1.29 is 22.6 Å². The van der Waals surface area contributed by atoms with Gasteiger partial charge in [0, 0.05) is 18.4 Å². The minimum atomic E-state index is -4.49. The van der Waals surface area contributed by atoms with Gasteiger partial charge in [-0.25, -0.2) is 0 Å². The van der Waals surface area contributed by atoms with E-state index < -0.39 is 17.7 Å². The summed E-state index contributed by atoms with van der Waals surface area (Å²) < 4.78 is 51.1. The van der Waals surface area contributed by atoms with Gasteiger partial charge < -0.3 is 9.47 Å². The molecule has 1 aliphatic heterocycles. The quantitative estimate of drug-likeness (QED) is 0.864. The lowest BCUT2D eigenvalue weighted by Gasteiger charge is -2.32. The van der Waals surface area contributed by atoms with Crippen LogP contribution in [0.3, 0.4) is 0 Å². The van der Waals surface area contributed by atoms with Crippen LogP contribution in [0.4, 0.5) is 13.2 Å². The van der Waals surface area contributed by atoms with Crippen molar-refractivity contribution in [2.45, 2.75) is 24.8 Å². The zero-order valence-corrected chi connectivity index (χ0v) is 12.7. The number of nitrogens with zero attached hydrogens (tertiary/aromatic N) is 1. The molecule has 2 aliphatic rings. The smallest absolute Gasteiger partial charge is 0.347 e. The Morgan fingerprint density at radius 3 is 2.46 bits per heavy atom. The molecule has 1 fully saturated rings. The average Bonchev–Trinajstić information content (AvgIpc) is 3.15. The molecule has 1 N–H and O–H groups in total. The Kier molecular flexibility index (Phi) is 3.51. The van der Waals surface area contributed by atoms with Crippen molar-refractivity contribution in [2.75, 3.05) is 13.2 Å². The highest BCUT2D eigenvalue weighted by atomic mass is 19.4. The molecule has 1 aromatic carbocycles. The van der Waals surface area contributed by atoms with E-state index in [1.54, 1.807) is 0 Å². The van der Waals surface area contributed by atoms with E-state index in [4.69, 9.17) is 9.47 Å². The molecule has 0 bridgehead atoms. The fourth-order valence-electron chi connectivity index (χ4n) is 3.31. The number of H-pyrrole nitrogens is 1. The second-order valence-electron chi connectivity index (χ2n) is 5.96. The molecule has 2 heterocycles. The maximum absolute atomic E-state index is 13.3. The number of ether oxygens (including phenoxy) is 2. The molecule has 0 atom stereocenters. The van der Waals surface area contributed by atoms with Crippen molar-refractivity contribution >= 4 is 11.6 Å². The van der Waals surface area contributed by atoms with Crippen LogP contribution in [0.1, 0.15) is 28.9 Å². The van der Waals surface area contributed by atoms with Crippen LogP contribution in [0.2, 0.25) is 0 Å². The first-order valence-corrected chi connectivity index (χ1v) is 7.65. The molecule has 0 radical (unpaired) electrons. The molecule has 0 amide bonds. The number of aromatic amines is 1. The standard InChI is InChI=1S/C17H15F3N2O2/c18-17(19,20)15-13-10-16(23-6-7-24-16)9-12(14(13)21-22-15)8-11-4-2-1-3-5-11/h1-5,8H,6-7,9-10H2,(H,21,22). The normalized spacial score (nSPS) is 21.4. The van der Waals surface area contributed by atoms with Crippen molar-refractivity contribution in [1.82, 2.24) is 10.2 Å². The first kappa shape index (κ1) is 15.4. The van der Waals surface area contributed by atoms with Gasteiger partial charge in [0.2, 0.25) is 0 Å².